The van der Waals surface area contributed by atoms with Crippen molar-refractivity contribution in [2.24, 2.45) is 0 Å². The molecule has 0 spiro atoms. The van der Waals surface area contributed by atoms with Gasteiger partial charge in [0.15, 0.2) is 11.5 Å². The molecule has 5 N–H and O–H groups in total. The zero-order valence-electron chi connectivity index (χ0n) is 18.3. The minimum absolute atomic E-state index is 0.196. The van der Waals surface area contributed by atoms with E-state index in [-0.39, 0.29) is 21.5 Å². The summed E-state index contributed by atoms with van der Waals surface area (Å²) >= 11 is 6.07. The Labute approximate surface area is 201 Å². The number of ketones is 2. The number of aryl methyl sites for hydroxylation is 1. The molecule has 5 rings (SSSR count). The first-order valence-electron chi connectivity index (χ1n) is 10.3. The Morgan fingerprint density at radius 3 is 2.09 bits per heavy atom. The number of rotatable bonds is 4. The summed E-state index contributed by atoms with van der Waals surface area (Å²) in [6.07, 6.45) is 0. The number of carbonyl (C=O) groups excluding carboxylic acids is 2. The second-order valence-corrected chi connectivity index (χ2v) is 8.45. The van der Waals surface area contributed by atoms with Gasteiger partial charge in [-0.3, -0.25) is 9.59 Å². The third-order valence-electron chi connectivity index (χ3n) is 6.03. The SMILES string of the molecule is COc1ccc2[nH]c(C)c(C3=C(O)C(=O)C(c4c(C(=O)O)[nH]c5ccc(Cl)cc45)=C(O)C3=O)c2c1. The molecule has 176 valence electrons. The van der Waals surface area contributed by atoms with E-state index in [0.29, 0.717) is 27.9 Å². The third-order valence-corrected chi connectivity index (χ3v) is 6.26. The predicted octanol–water partition coefficient (Wildman–Crippen LogP) is 4.71. The molecule has 35 heavy (non-hydrogen) atoms. The molecule has 2 aromatic heterocycles. The van der Waals surface area contributed by atoms with E-state index in [1.807, 2.05) is 0 Å². The van der Waals surface area contributed by atoms with Crippen LogP contribution < -0.4 is 4.74 Å². The number of Topliss-reactive ketones (excluding diaryl/α,β-unsaturated/α-hetero) is 2. The van der Waals surface area contributed by atoms with Gasteiger partial charge in [-0.1, -0.05) is 11.6 Å². The van der Waals surface area contributed by atoms with E-state index < -0.39 is 45.9 Å². The molecule has 2 aromatic carbocycles. The normalized spacial score (nSPS) is 14.5. The number of aromatic carboxylic acids is 1. The number of benzene rings is 2. The van der Waals surface area contributed by atoms with Crippen LogP contribution in [-0.4, -0.2) is 49.9 Å². The van der Waals surface area contributed by atoms with Crippen LogP contribution in [0.5, 0.6) is 5.75 Å². The van der Waals surface area contributed by atoms with Crippen molar-refractivity contribution in [1.82, 2.24) is 9.97 Å². The maximum Gasteiger partial charge on any atom is 0.352 e. The van der Waals surface area contributed by atoms with Crippen molar-refractivity contribution in [2.75, 3.05) is 7.11 Å². The summed E-state index contributed by atoms with van der Waals surface area (Å²) < 4.78 is 5.25. The topological polar surface area (TPSA) is 153 Å². The number of methoxy groups -OCH3 is 1. The summed E-state index contributed by atoms with van der Waals surface area (Å²) in [5.74, 6) is -4.98. The lowest BCUT2D eigenvalue weighted by Gasteiger charge is -2.19. The van der Waals surface area contributed by atoms with Gasteiger partial charge in [0.2, 0.25) is 11.6 Å². The molecule has 0 bridgehead atoms. The zero-order chi connectivity index (χ0) is 25.2. The first-order valence-corrected chi connectivity index (χ1v) is 10.7. The van der Waals surface area contributed by atoms with E-state index in [1.54, 1.807) is 25.1 Å². The van der Waals surface area contributed by atoms with Gasteiger partial charge >= 0.3 is 5.97 Å². The van der Waals surface area contributed by atoms with Crippen LogP contribution in [0, 0.1) is 6.92 Å². The first-order chi connectivity index (χ1) is 16.6. The third kappa shape index (κ3) is 3.20. The van der Waals surface area contributed by atoms with Crippen molar-refractivity contribution in [2.45, 2.75) is 6.92 Å². The van der Waals surface area contributed by atoms with E-state index >= 15 is 0 Å². The lowest BCUT2D eigenvalue weighted by Crippen LogP contribution is -2.23. The molecule has 10 heteroatoms. The van der Waals surface area contributed by atoms with Crippen LogP contribution in [0.3, 0.4) is 0 Å². The Morgan fingerprint density at radius 1 is 0.886 bits per heavy atom. The van der Waals surface area contributed by atoms with E-state index in [2.05, 4.69) is 9.97 Å². The highest BCUT2D eigenvalue weighted by molar-refractivity contribution is 6.48. The minimum Gasteiger partial charge on any atom is -0.504 e. The van der Waals surface area contributed by atoms with Gasteiger partial charge in [-0.15, -0.1) is 0 Å². The van der Waals surface area contributed by atoms with Crippen LogP contribution in [-0.2, 0) is 9.59 Å². The second kappa shape index (κ2) is 7.78. The molecular formula is C25H17ClN2O7. The smallest absolute Gasteiger partial charge is 0.352 e. The number of carboxylic acid groups (broad SMARTS) is 1. The van der Waals surface area contributed by atoms with E-state index in [9.17, 15) is 29.7 Å². The number of ether oxygens (including phenoxy) is 1. The fraction of sp³-hybridized carbons (Fsp3) is 0.0800. The van der Waals surface area contributed by atoms with Crippen molar-refractivity contribution in [1.29, 1.82) is 0 Å². The van der Waals surface area contributed by atoms with Crippen LogP contribution >= 0.6 is 11.6 Å². The van der Waals surface area contributed by atoms with Crippen molar-refractivity contribution >= 4 is 62.1 Å². The molecule has 2 heterocycles. The molecule has 0 radical (unpaired) electrons. The fourth-order valence-corrected chi connectivity index (χ4v) is 4.65. The number of hydrogen-bond acceptors (Lipinski definition) is 6. The predicted molar refractivity (Wildman–Crippen MR) is 129 cm³/mol. The largest absolute Gasteiger partial charge is 0.504 e. The molecular weight excluding hydrogens is 476 g/mol. The van der Waals surface area contributed by atoms with Gasteiger partial charge < -0.3 is 30.0 Å². The summed E-state index contributed by atoms with van der Waals surface area (Å²) in [4.78, 5) is 44.5. The van der Waals surface area contributed by atoms with Gasteiger partial charge in [-0.05, 0) is 43.3 Å². The summed E-state index contributed by atoms with van der Waals surface area (Å²) in [5, 5.41) is 32.6. The van der Waals surface area contributed by atoms with E-state index in [1.165, 1.54) is 25.3 Å². The summed E-state index contributed by atoms with van der Waals surface area (Å²) in [6, 6.07) is 9.47. The monoisotopic (exact) mass is 492 g/mol. The number of aromatic nitrogens is 2. The van der Waals surface area contributed by atoms with Crippen molar-refractivity contribution in [3.8, 4) is 5.75 Å². The zero-order valence-corrected chi connectivity index (χ0v) is 19.1. The van der Waals surface area contributed by atoms with Crippen molar-refractivity contribution in [3.05, 3.63) is 75.5 Å². The Morgan fingerprint density at radius 2 is 1.46 bits per heavy atom. The number of aromatic amines is 2. The van der Waals surface area contributed by atoms with Crippen LogP contribution in [0.25, 0.3) is 33.0 Å². The number of H-pyrrole nitrogens is 2. The Balaban J connectivity index is 1.77. The first kappa shape index (κ1) is 22.3. The lowest BCUT2D eigenvalue weighted by molar-refractivity contribution is -0.116. The number of fused-ring (bicyclic) bond motifs is 2. The highest BCUT2D eigenvalue weighted by atomic mass is 35.5. The van der Waals surface area contributed by atoms with Crippen LogP contribution in [0.2, 0.25) is 5.02 Å². The molecule has 1 aliphatic rings. The van der Waals surface area contributed by atoms with Gasteiger partial charge in [0.1, 0.15) is 11.4 Å². The molecule has 0 fully saturated rings. The number of carboxylic acids is 1. The fourth-order valence-electron chi connectivity index (χ4n) is 4.48. The summed E-state index contributed by atoms with van der Waals surface area (Å²) in [5.41, 5.74) is -0.0787. The van der Waals surface area contributed by atoms with Gasteiger partial charge in [-0.25, -0.2) is 4.79 Å². The van der Waals surface area contributed by atoms with Crippen LogP contribution in [0.1, 0.15) is 27.3 Å². The number of allylic oxidation sites excluding steroid dienone is 2. The molecule has 0 unspecified atom stereocenters. The maximum atomic E-state index is 13.4. The second-order valence-electron chi connectivity index (χ2n) is 8.01. The molecule has 9 nitrogen and oxygen atoms in total. The molecule has 1 aliphatic carbocycles. The molecule has 0 atom stereocenters. The standard InChI is InChI=1S/C25H17ClN2O7/c1-9-16(13-8-11(35-2)4-6-14(13)27-9)18-21(29)23(31)19(24(32)22(18)30)17-12-7-10(26)3-5-15(12)28-20(17)25(33)34/h3-8,27-29,32H,1-2H3,(H,33,34). The number of nitrogens with one attached hydrogen (secondary N) is 2. The minimum atomic E-state index is -1.43. The van der Waals surface area contributed by atoms with Gasteiger partial charge in [0.25, 0.3) is 0 Å². The highest BCUT2D eigenvalue weighted by Crippen LogP contribution is 2.41. The number of carbonyl (C=O) groups is 3. The van der Waals surface area contributed by atoms with E-state index in [0.717, 1.165) is 0 Å². The average Bonchev–Trinajstić information content (AvgIpc) is 3.35. The number of aliphatic hydroxyl groups is 2. The molecule has 0 aliphatic heterocycles. The average molecular weight is 493 g/mol. The molecule has 0 amide bonds. The van der Waals surface area contributed by atoms with Crippen LogP contribution in [0.15, 0.2) is 47.9 Å². The van der Waals surface area contributed by atoms with Gasteiger partial charge in [0.05, 0.1) is 18.3 Å². The number of hydrogen-bond donors (Lipinski definition) is 5. The summed E-state index contributed by atoms with van der Waals surface area (Å²) in [6.45, 7) is 1.65. The Hall–Kier alpha value is -4.50. The van der Waals surface area contributed by atoms with E-state index in [4.69, 9.17) is 16.3 Å². The Kier molecular flexibility index (Phi) is 4.96. The molecule has 0 saturated carbocycles. The molecule has 4 aromatic rings. The number of aliphatic hydroxyl groups excluding tert-OH is 2. The van der Waals surface area contributed by atoms with Crippen LogP contribution in [0.4, 0.5) is 0 Å². The Bertz CT molecular complexity index is 1690. The quantitative estimate of drug-likeness (QED) is 0.258. The van der Waals surface area contributed by atoms with Gasteiger partial charge in [-0.2, -0.15) is 0 Å². The lowest BCUT2D eigenvalue weighted by atomic mass is 9.84. The summed E-state index contributed by atoms with van der Waals surface area (Å²) in [7, 11) is 1.47. The van der Waals surface area contributed by atoms with Crippen molar-refractivity contribution in [3.63, 3.8) is 0 Å². The van der Waals surface area contributed by atoms with Crippen molar-refractivity contribution < 1.29 is 34.4 Å². The van der Waals surface area contributed by atoms with Gasteiger partial charge in [0, 0.05) is 43.6 Å². The molecule has 0 saturated heterocycles. The highest BCUT2D eigenvalue weighted by Gasteiger charge is 2.40. The number of halogens is 1. The maximum absolute atomic E-state index is 13.4.